The fourth-order valence-corrected chi connectivity index (χ4v) is 7.03. The van der Waals surface area contributed by atoms with Crippen molar-refractivity contribution in [3.05, 3.63) is 17.5 Å². The molecule has 5 nitrogen and oxygen atoms in total. The summed E-state index contributed by atoms with van der Waals surface area (Å²) in [6.07, 6.45) is 0.344. The number of nitrogens with zero attached hydrogens (tertiary/aromatic N) is 1. The molecule has 1 atom stereocenters. The largest absolute Gasteiger partial charge is 0.252 e. The van der Waals surface area contributed by atoms with Crippen LogP contribution in [0.3, 0.4) is 0 Å². The van der Waals surface area contributed by atoms with Gasteiger partial charge in [0.15, 0.2) is 9.84 Å². The Bertz CT molecular complexity index is 633. The van der Waals surface area contributed by atoms with Crippen molar-refractivity contribution in [2.75, 3.05) is 18.6 Å². The predicted octanol–water partition coefficient (Wildman–Crippen LogP) is 0.946. The van der Waals surface area contributed by atoms with E-state index >= 15 is 0 Å². The van der Waals surface area contributed by atoms with Crippen LogP contribution in [0.2, 0.25) is 0 Å². The van der Waals surface area contributed by atoms with Gasteiger partial charge in [-0.2, -0.15) is 4.31 Å². The quantitative estimate of drug-likeness (QED) is 0.833. The van der Waals surface area contributed by atoms with E-state index in [9.17, 15) is 16.8 Å². The van der Waals surface area contributed by atoms with Gasteiger partial charge in [-0.1, -0.05) is 6.07 Å². The molecular weight excluding hydrogens is 294 g/mol. The Morgan fingerprint density at radius 3 is 2.56 bits per heavy atom. The first-order valence-corrected chi connectivity index (χ1v) is 9.54. The first-order chi connectivity index (χ1) is 8.17. The highest BCUT2D eigenvalue weighted by molar-refractivity contribution is 7.92. The third-order valence-corrected chi connectivity index (χ3v) is 8.63. The number of sulfone groups is 1. The van der Waals surface area contributed by atoms with Gasteiger partial charge < -0.3 is 0 Å². The molecule has 1 saturated heterocycles. The molecule has 1 aromatic rings. The minimum atomic E-state index is -3.60. The zero-order valence-corrected chi connectivity index (χ0v) is 12.6. The Morgan fingerprint density at radius 2 is 2.11 bits per heavy atom. The Labute approximate surface area is 111 Å². The average molecular weight is 309 g/mol. The molecule has 18 heavy (non-hydrogen) atoms. The van der Waals surface area contributed by atoms with Crippen LogP contribution in [-0.2, 0) is 19.9 Å². The molecule has 1 aliphatic rings. The van der Waals surface area contributed by atoms with Crippen molar-refractivity contribution in [2.24, 2.45) is 0 Å². The molecule has 0 saturated carbocycles. The minimum absolute atomic E-state index is 0.0494. The Morgan fingerprint density at radius 1 is 1.44 bits per heavy atom. The van der Waals surface area contributed by atoms with E-state index in [-0.39, 0.29) is 15.7 Å². The summed E-state index contributed by atoms with van der Waals surface area (Å²) in [7, 11) is -5.28. The van der Waals surface area contributed by atoms with E-state index in [2.05, 4.69) is 0 Å². The molecule has 2 rings (SSSR count). The lowest BCUT2D eigenvalue weighted by molar-refractivity contribution is 0.273. The van der Waals surface area contributed by atoms with E-state index < -0.39 is 25.4 Å². The van der Waals surface area contributed by atoms with Crippen LogP contribution in [0.4, 0.5) is 0 Å². The first-order valence-electron chi connectivity index (χ1n) is 5.40. The molecule has 0 amide bonds. The molecule has 2 heterocycles. The summed E-state index contributed by atoms with van der Waals surface area (Å²) in [5, 5.41) is 1.69. The van der Waals surface area contributed by atoms with Crippen molar-refractivity contribution in [1.82, 2.24) is 4.31 Å². The van der Waals surface area contributed by atoms with E-state index in [1.165, 1.54) is 17.4 Å². The topological polar surface area (TPSA) is 71.5 Å². The standard InChI is InChI=1S/C10H15NO4S3/c1-10(5-7-17(12,13)8-10)11(2)18(14,15)9-4-3-6-16-9/h3-4,6H,5,7-8H2,1-2H3/t10-/m1/s1. The van der Waals surface area contributed by atoms with Crippen LogP contribution in [0.1, 0.15) is 13.3 Å². The van der Waals surface area contributed by atoms with Crippen LogP contribution in [-0.4, -0.2) is 45.2 Å². The van der Waals surface area contributed by atoms with Crippen LogP contribution in [0.5, 0.6) is 0 Å². The third kappa shape index (κ3) is 2.34. The predicted molar refractivity (Wildman–Crippen MR) is 70.9 cm³/mol. The van der Waals surface area contributed by atoms with Gasteiger partial charge in [0.1, 0.15) is 4.21 Å². The van der Waals surface area contributed by atoms with Gasteiger partial charge in [-0.25, -0.2) is 16.8 Å². The molecule has 1 aliphatic heterocycles. The lowest BCUT2D eigenvalue weighted by Gasteiger charge is -2.32. The van der Waals surface area contributed by atoms with Gasteiger partial charge in [0, 0.05) is 12.6 Å². The third-order valence-electron chi connectivity index (χ3n) is 3.35. The number of thiophene rings is 1. The highest BCUT2D eigenvalue weighted by atomic mass is 32.2. The summed E-state index contributed by atoms with van der Waals surface area (Å²) in [6.45, 7) is 1.68. The molecule has 8 heteroatoms. The molecule has 1 fully saturated rings. The van der Waals surface area contributed by atoms with E-state index in [4.69, 9.17) is 0 Å². The Kier molecular flexibility index (Phi) is 3.33. The van der Waals surface area contributed by atoms with Gasteiger partial charge in [-0.3, -0.25) is 0 Å². The second kappa shape index (κ2) is 4.29. The molecule has 0 unspecified atom stereocenters. The summed E-state index contributed by atoms with van der Waals surface area (Å²) in [4.78, 5) is 0. The van der Waals surface area contributed by atoms with Crippen molar-refractivity contribution in [1.29, 1.82) is 0 Å². The van der Waals surface area contributed by atoms with E-state index in [1.54, 1.807) is 18.4 Å². The fraction of sp³-hybridized carbons (Fsp3) is 0.600. The second-order valence-corrected chi connectivity index (χ2v) is 10.1. The number of hydrogen-bond acceptors (Lipinski definition) is 5. The highest BCUT2D eigenvalue weighted by Crippen LogP contribution is 2.33. The van der Waals surface area contributed by atoms with Gasteiger partial charge in [0.2, 0.25) is 0 Å². The zero-order chi connectivity index (χ0) is 13.6. The molecule has 0 aromatic carbocycles. The number of hydrogen-bond donors (Lipinski definition) is 0. The van der Waals surface area contributed by atoms with Crippen molar-refractivity contribution in [2.45, 2.75) is 23.1 Å². The first kappa shape index (κ1) is 14.0. The maximum absolute atomic E-state index is 12.3. The van der Waals surface area contributed by atoms with Gasteiger partial charge in [0.25, 0.3) is 10.0 Å². The average Bonchev–Trinajstić information content (AvgIpc) is 2.86. The van der Waals surface area contributed by atoms with Gasteiger partial charge in [-0.05, 0) is 24.8 Å². The van der Waals surface area contributed by atoms with Gasteiger partial charge >= 0.3 is 0 Å². The minimum Gasteiger partial charge on any atom is -0.229 e. The van der Waals surface area contributed by atoms with Gasteiger partial charge in [0.05, 0.1) is 11.5 Å². The molecule has 0 N–H and O–H groups in total. The summed E-state index contributed by atoms with van der Waals surface area (Å²) in [6, 6.07) is 3.20. The molecule has 0 bridgehead atoms. The lowest BCUT2D eigenvalue weighted by atomic mass is 10.0. The molecule has 0 spiro atoms. The van der Waals surface area contributed by atoms with E-state index in [0.717, 1.165) is 11.3 Å². The maximum atomic E-state index is 12.3. The van der Waals surface area contributed by atoms with Gasteiger partial charge in [-0.15, -0.1) is 11.3 Å². The summed E-state index contributed by atoms with van der Waals surface area (Å²) in [5.74, 6) is -0.0606. The smallest absolute Gasteiger partial charge is 0.229 e. The molecule has 1 aromatic heterocycles. The van der Waals surface area contributed by atoms with Crippen molar-refractivity contribution >= 4 is 31.2 Å². The Hall–Kier alpha value is -0.440. The molecular formula is C10H15NO4S3. The SMILES string of the molecule is CN([C@]1(C)CCS(=O)(=O)C1)S(=O)(=O)c1cccs1. The monoisotopic (exact) mass is 309 g/mol. The van der Waals surface area contributed by atoms with Crippen molar-refractivity contribution in [3.8, 4) is 0 Å². The summed E-state index contributed by atoms with van der Waals surface area (Å²) in [5.41, 5.74) is -0.846. The summed E-state index contributed by atoms with van der Waals surface area (Å²) >= 11 is 1.14. The van der Waals surface area contributed by atoms with Crippen LogP contribution in [0.25, 0.3) is 0 Å². The van der Waals surface area contributed by atoms with Crippen molar-refractivity contribution in [3.63, 3.8) is 0 Å². The maximum Gasteiger partial charge on any atom is 0.252 e. The van der Waals surface area contributed by atoms with Crippen molar-refractivity contribution < 1.29 is 16.8 Å². The fourth-order valence-electron chi connectivity index (χ4n) is 2.08. The Balaban J connectivity index is 2.36. The zero-order valence-electron chi connectivity index (χ0n) is 10.2. The number of sulfonamides is 1. The normalized spacial score (nSPS) is 27.7. The van der Waals surface area contributed by atoms with Crippen LogP contribution < -0.4 is 0 Å². The molecule has 102 valence electrons. The molecule has 0 radical (unpaired) electrons. The van der Waals surface area contributed by atoms with Crippen LogP contribution in [0.15, 0.2) is 21.7 Å². The van der Waals surface area contributed by atoms with E-state index in [1.807, 2.05) is 0 Å². The number of rotatable bonds is 3. The summed E-state index contributed by atoms with van der Waals surface area (Å²) < 4.78 is 49.2. The van der Waals surface area contributed by atoms with Crippen LogP contribution in [0, 0.1) is 0 Å². The second-order valence-electron chi connectivity index (χ2n) is 4.74. The van der Waals surface area contributed by atoms with Crippen LogP contribution >= 0.6 is 11.3 Å². The highest BCUT2D eigenvalue weighted by Gasteiger charge is 2.46. The lowest BCUT2D eigenvalue weighted by Crippen LogP contribution is -2.47. The van der Waals surface area contributed by atoms with E-state index in [0.29, 0.717) is 6.42 Å². The molecule has 0 aliphatic carbocycles.